The second-order valence-corrected chi connectivity index (χ2v) is 4.93. The van der Waals surface area contributed by atoms with E-state index in [-0.39, 0.29) is 11.7 Å². The lowest BCUT2D eigenvalue weighted by atomic mass is 10.1. The van der Waals surface area contributed by atoms with Crippen molar-refractivity contribution in [2.75, 3.05) is 13.7 Å². The molecular weight excluding hydrogens is 297 g/mol. The normalized spacial score (nSPS) is 10.7. The topological polar surface area (TPSA) is 58.6 Å². The number of amides is 1. The van der Waals surface area contributed by atoms with E-state index in [9.17, 15) is 14.3 Å². The van der Waals surface area contributed by atoms with Crippen molar-refractivity contribution in [3.63, 3.8) is 0 Å². The summed E-state index contributed by atoms with van der Waals surface area (Å²) in [7, 11) is 1.46. The van der Waals surface area contributed by atoms with Crippen LogP contribution in [0.1, 0.15) is 11.1 Å². The molecule has 1 amide bonds. The van der Waals surface area contributed by atoms with E-state index in [0.717, 1.165) is 5.56 Å². The van der Waals surface area contributed by atoms with Gasteiger partial charge in [-0.3, -0.25) is 4.79 Å². The Hall–Kier alpha value is -2.82. The second-order valence-electron chi connectivity index (χ2n) is 4.93. The zero-order valence-electron chi connectivity index (χ0n) is 12.8. The van der Waals surface area contributed by atoms with Crippen LogP contribution in [0.15, 0.2) is 48.5 Å². The van der Waals surface area contributed by atoms with Crippen LogP contribution in [0.25, 0.3) is 6.08 Å². The molecule has 23 heavy (non-hydrogen) atoms. The fourth-order valence-corrected chi connectivity index (χ4v) is 1.99. The van der Waals surface area contributed by atoms with Gasteiger partial charge in [0.25, 0.3) is 0 Å². The van der Waals surface area contributed by atoms with Gasteiger partial charge < -0.3 is 15.2 Å². The minimum Gasteiger partial charge on any atom is -0.508 e. The molecule has 0 aromatic heterocycles. The van der Waals surface area contributed by atoms with E-state index in [0.29, 0.717) is 24.3 Å². The first-order valence-corrected chi connectivity index (χ1v) is 7.16. The Kier molecular flexibility index (Phi) is 5.74. The minimum absolute atomic E-state index is 0.210. The van der Waals surface area contributed by atoms with Gasteiger partial charge >= 0.3 is 0 Å². The van der Waals surface area contributed by atoms with Gasteiger partial charge in [-0.1, -0.05) is 12.1 Å². The van der Waals surface area contributed by atoms with Crippen LogP contribution >= 0.6 is 0 Å². The van der Waals surface area contributed by atoms with Gasteiger partial charge in [-0.05, 0) is 42.3 Å². The maximum absolute atomic E-state index is 13.7. The molecule has 0 spiro atoms. The Bertz CT molecular complexity index is 696. The molecule has 0 fully saturated rings. The van der Waals surface area contributed by atoms with Gasteiger partial charge in [0.05, 0.1) is 7.11 Å². The summed E-state index contributed by atoms with van der Waals surface area (Å²) in [5.41, 5.74) is 1.33. The van der Waals surface area contributed by atoms with Crippen molar-refractivity contribution in [2.45, 2.75) is 6.42 Å². The smallest absolute Gasteiger partial charge is 0.244 e. The van der Waals surface area contributed by atoms with E-state index in [4.69, 9.17) is 4.74 Å². The van der Waals surface area contributed by atoms with E-state index < -0.39 is 5.82 Å². The first kappa shape index (κ1) is 16.5. The molecule has 120 valence electrons. The van der Waals surface area contributed by atoms with Crippen LogP contribution in [-0.4, -0.2) is 24.7 Å². The quantitative estimate of drug-likeness (QED) is 0.806. The average molecular weight is 315 g/mol. The summed E-state index contributed by atoms with van der Waals surface area (Å²) in [5, 5.41) is 11.9. The first-order valence-electron chi connectivity index (χ1n) is 7.16. The lowest BCUT2D eigenvalue weighted by molar-refractivity contribution is -0.116. The molecule has 0 aliphatic rings. The standard InChI is InChI=1S/C18H18FNO3/c1-23-16-8-4-14(17(19)12-16)5-9-18(22)20-11-10-13-2-6-15(21)7-3-13/h2-9,12,21H,10-11H2,1H3,(H,20,22)/b9-5+. The highest BCUT2D eigenvalue weighted by atomic mass is 19.1. The zero-order valence-corrected chi connectivity index (χ0v) is 12.8. The summed E-state index contributed by atoms with van der Waals surface area (Å²) in [4.78, 5) is 11.7. The van der Waals surface area contributed by atoms with Gasteiger partial charge in [0.2, 0.25) is 5.91 Å². The van der Waals surface area contributed by atoms with Crippen molar-refractivity contribution in [1.29, 1.82) is 0 Å². The Morgan fingerprint density at radius 3 is 2.65 bits per heavy atom. The van der Waals surface area contributed by atoms with Crippen molar-refractivity contribution in [2.24, 2.45) is 0 Å². The molecule has 5 heteroatoms. The van der Waals surface area contributed by atoms with Gasteiger partial charge in [0.15, 0.2) is 0 Å². The molecule has 0 saturated carbocycles. The van der Waals surface area contributed by atoms with E-state index in [2.05, 4.69) is 5.32 Å². The number of aromatic hydroxyl groups is 1. The molecule has 0 aliphatic heterocycles. The van der Waals surface area contributed by atoms with Crippen LogP contribution in [0.2, 0.25) is 0 Å². The summed E-state index contributed by atoms with van der Waals surface area (Å²) in [6.07, 6.45) is 3.36. The number of ether oxygens (including phenoxy) is 1. The fourth-order valence-electron chi connectivity index (χ4n) is 1.99. The summed E-state index contributed by atoms with van der Waals surface area (Å²) >= 11 is 0. The lowest BCUT2D eigenvalue weighted by Crippen LogP contribution is -2.23. The highest BCUT2D eigenvalue weighted by Crippen LogP contribution is 2.17. The average Bonchev–Trinajstić information content (AvgIpc) is 2.55. The molecule has 2 rings (SSSR count). The number of benzene rings is 2. The predicted octanol–water partition coefficient (Wildman–Crippen LogP) is 2.91. The first-order chi connectivity index (χ1) is 11.1. The number of carbonyl (C=O) groups excluding carboxylic acids is 1. The summed E-state index contributed by atoms with van der Waals surface area (Å²) in [6, 6.07) is 11.2. The molecule has 0 saturated heterocycles. The third kappa shape index (κ3) is 5.14. The van der Waals surface area contributed by atoms with Gasteiger partial charge in [-0.2, -0.15) is 0 Å². The maximum atomic E-state index is 13.7. The molecule has 2 aromatic rings. The molecule has 0 aliphatic carbocycles. The predicted molar refractivity (Wildman–Crippen MR) is 86.8 cm³/mol. The van der Waals surface area contributed by atoms with Crippen LogP contribution < -0.4 is 10.1 Å². The third-order valence-electron chi connectivity index (χ3n) is 3.27. The minimum atomic E-state index is -0.447. The second kappa shape index (κ2) is 7.98. The number of hydrogen-bond acceptors (Lipinski definition) is 3. The Balaban J connectivity index is 1.83. The monoisotopic (exact) mass is 315 g/mol. The number of carbonyl (C=O) groups is 1. The molecule has 0 bridgehead atoms. The Morgan fingerprint density at radius 2 is 2.00 bits per heavy atom. The van der Waals surface area contributed by atoms with E-state index in [1.54, 1.807) is 36.4 Å². The molecular formula is C18H18FNO3. The molecule has 4 nitrogen and oxygen atoms in total. The SMILES string of the molecule is COc1ccc(/C=C/C(=O)NCCc2ccc(O)cc2)c(F)c1. The highest BCUT2D eigenvalue weighted by Gasteiger charge is 2.02. The number of phenols is 1. The van der Waals surface area contributed by atoms with Gasteiger partial charge in [0.1, 0.15) is 17.3 Å². The number of nitrogens with one attached hydrogen (secondary N) is 1. The largest absolute Gasteiger partial charge is 0.508 e. The van der Waals surface area contributed by atoms with Gasteiger partial charge in [-0.25, -0.2) is 4.39 Å². The third-order valence-corrected chi connectivity index (χ3v) is 3.27. The van der Waals surface area contributed by atoms with E-state index in [1.165, 1.54) is 25.3 Å². The molecule has 0 radical (unpaired) electrons. The summed E-state index contributed by atoms with van der Waals surface area (Å²) in [6.45, 7) is 0.457. The van der Waals surface area contributed by atoms with Gasteiger partial charge in [-0.15, -0.1) is 0 Å². The van der Waals surface area contributed by atoms with Crippen molar-refractivity contribution in [3.05, 3.63) is 65.5 Å². The van der Waals surface area contributed by atoms with Crippen LogP contribution in [-0.2, 0) is 11.2 Å². The molecule has 2 aromatic carbocycles. The maximum Gasteiger partial charge on any atom is 0.244 e. The molecule has 0 atom stereocenters. The van der Waals surface area contributed by atoms with Crippen LogP contribution in [0, 0.1) is 5.82 Å². The molecule has 0 unspecified atom stereocenters. The van der Waals surface area contributed by atoms with Gasteiger partial charge in [0, 0.05) is 24.3 Å². The number of methoxy groups -OCH3 is 1. The summed E-state index contributed by atoms with van der Waals surface area (Å²) < 4.78 is 18.6. The summed E-state index contributed by atoms with van der Waals surface area (Å²) in [5.74, 6) is -0.100. The lowest BCUT2D eigenvalue weighted by Gasteiger charge is -2.04. The van der Waals surface area contributed by atoms with Crippen molar-refractivity contribution in [3.8, 4) is 11.5 Å². The number of halogens is 1. The zero-order chi connectivity index (χ0) is 16.7. The molecule has 2 N–H and O–H groups in total. The van der Waals surface area contributed by atoms with E-state index >= 15 is 0 Å². The van der Waals surface area contributed by atoms with Crippen LogP contribution in [0.5, 0.6) is 11.5 Å². The Morgan fingerprint density at radius 1 is 1.26 bits per heavy atom. The van der Waals surface area contributed by atoms with Crippen LogP contribution in [0.3, 0.4) is 0 Å². The van der Waals surface area contributed by atoms with E-state index in [1.807, 2.05) is 0 Å². The number of rotatable bonds is 6. The highest BCUT2D eigenvalue weighted by molar-refractivity contribution is 5.91. The fraction of sp³-hybridized carbons (Fsp3) is 0.167. The van der Waals surface area contributed by atoms with Crippen molar-refractivity contribution < 1.29 is 19.0 Å². The Labute approximate surface area is 134 Å². The van der Waals surface area contributed by atoms with Crippen molar-refractivity contribution in [1.82, 2.24) is 5.32 Å². The van der Waals surface area contributed by atoms with Crippen LogP contribution in [0.4, 0.5) is 4.39 Å². The number of hydrogen-bond donors (Lipinski definition) is 2. The molecule has 0 heterocycles. The number of phenolic OH excluding ortho intramolecular Hbond substituents is 1. The van der Waals surface area contributed by atoms with Crippen molar-refractivity contribution >= 4 is 12.0 Å².